The van der Waals surface area contributed by atoms with Crippen LogP contribution in [0.1, 0.15) is 18.9 Å². The minimum atomic E-state index is -0.619. The molecule has 1 heterocycles. The van der Waals surface area contributed by atoms with Crippen molar-refractivity contribution < 1.29 is 18.7 Å². The number of hydrogen-bond donors (Lipinski definition) is 0. The van der Waals surface area contributed by atoms with Gasteiger partial charge >= 0.3 is 5.97 Å². The van der Waals surface area contributed by atoms with Crippen molar-refractivity contribution in [2.75, 3.05) is 12.1 Å². The van der Waals surface area contributed by atoms with Crippen LogP contribution in [0.3, 0.4) is 0 Å². The zero-order valence-electron chi connectivity index (χ0n) is 11.5. The molecule has 0 aliphatic carbocycles. The van der Waals surface area contributed by atoms with E-state index in [2.05, 4.69) is 9.84 Å². The number of rotatable bonds is 3. The van der Waals surface area contributed by atoms with Gasteiger partial charge in [0.1, 0.15) is 5.82 Å². The lowest BCUT2D eigenvalue weighted by molar-refractivity contribution is -0.142. The van der Waals surface area contributed by atoms with E-state index in [9.17, 15) is 14.0 Å². The second-order valence-electron chi connectivity index (χ2n) is 4.66. The lowest BCUT2D eigenvalue weighted by Gasteiger charge is -2.16. The maximum atomic E-state index is 13.1. The fourth-order valence-corrected chi connectivity index (χ4v) is 2.12. The Morgan fingerprint density at radius 3 is 2.75 bits per heavy atom. The molecule has 5 nitrogen and oxygen atoms in total. The van der Waals surface area contributed by atoms with Gasteiger partial charge in [-0.2, -0.15) is 10.1 Å². The molecule has 1 unspecified atom stereocenters. The highest BCUT2D eigenvalue weighted by molar-refractivity contribution is 6.16. The monoisotopic (exact) mass is 278 g/mol. The Morgan fingerprint density at radius 1 is 1.45 bits per heavy atom. The number of anilines is 1. The van der Waals surface area contributed by atoms with Crippen LogP contribution in [-0.2, 0) is 14.3 Å². The highest BCUT2D eigenvalue weighted by atomic mass is 19.1. The quantitative estimate of drug-likeness (QED) is 0.795. The number of carbonyl (C=O) groups is 2. The van der Waals surface area contributed by atoms with E-state index in [4.69, 9.17) is 0 Å². The van der Waals surface area contributed by atoms with Crippen LogP contribution in [0, 0.1) is 18.7 Å². The van der Waals surface area contributed by atoms with Gasteiger partial charge in [-0.15, -0.1) is 0 Å². The first-order chi connectivity index (χ1) is 9.43. The van der Waals surface area contributed by atoms with E-state index in [0.717, 1.165) is 0 Å². The Hall–Kier alpha value is -2.24. The topological polar surface area (TPSA) is 59.0 Å². The van der Waals surface area contributed by atoms with Gasteiger partial charge in [0.25, 0.3) is 5.91 Å². The predicted octanol–water partition coefficient (Wildman–Crippen LogP) is 2.04. The molecule has 0 spiro atoms. The van der Waals surface area contributed by atoms with Crippen LogP contribution in [0.15, 0.2) is 23.3 Å². The average Bonchev–Trinajstić information content (AvgIpc) is 2.66. The van der Waals surface area contributed by atoms with Gasteiger partial charge in [0.2, 0.25) is 0 Å². The second-order valence-corrected chi connectivity index (χ2v) is 4.66. The molecule has 0 radical (unpaired) electrons. The zero-order chi connectivity index (χ0) is 14.9. The lowest BCUT2D eigenvalue weighted by atomic mass is 10.0. The summed E-state index contributed by atoms with van der Waals surface area (Å²) in [4.78, 5) is 23.6. The van der Waals surface area contributed by atoms with E-state index >= 15 is 0 Å². The molecule has 6 heteroatoms. The van der Waals surface area contributed by atoms with Gasteiger partial charge in [-0.3, -0.25) is 9.59 Å². The number of carbonyl (C=O) groups excluding carboxylic acids is 2. The van der Waals surface area contributed by atoms with Crippen molar-refractivity contribution in [2.24, 2.45) is 11.0 Å². The van der Waals surface area contributed by atoms with Gasteiger partial charge in [-0.25, -0.2) is 4.39 Å². The van der Waals surface area contributed by atoms with Crippen LogP contribution in [0.25, 0.3) is 0 Å². The molecule has 2 rings (SSSR count). The van der Waals surface area contributed by atoms with Crippen LogP contribution in [-0.4, -0.2) is 24.7 Å². The molecule has 1 amide bonds. The highest BCUT2D eigenvalue weighted by Crippen LogP contribution is 2.28. The third-order valence-electron chi connectivity index (χ3n) is 3.25. The van der Waals surface area contributed by atoms with Crippen molar-refractivity contribution in [3.63, 3.8) is 0 Å². The Labute approximate surface area is 116 Å². The van der Waals surface area contributed by atoms with E-state index in [1.54, 1.807) is 13.8 Å². The van der Waals surface area contributed by atoms with Crippen LogP contribution in [0.2, 0.25) is 0 Å². The highest BCUT2D eigenvalue weighted by Gasteiger charge is 2.36. The number of hydrazone groups is 1. The van der Waals surface area contributed by atoms with E-state index in [1.165, 1.54) is 30.3 Å². The standard InChI is InChI=1S/C14H15FN2O3/c1-8-6-10(15)4-5-12(8)17-14(19)11(9(2)16-17)7-13(18)20-3/h4-6,11H,7H2,1-3H3. The first-order valence-corrected chi connectivity index (χ1v) is 6.16. The Morgan fingerprint density at radius 2 is 2.15 bits per heavy atom. The van der Waals surface area contributed by atoms with Gasteiger partial charge in [0, 0.05) is 5.71 Å². The maximum absolute atomic E-state index is 13.1. The molecule has 1 atom stereocenters. The summed E-state index contributed by atoms with van der Waals surface area (Å²) in [5.74, 6) is -1.75. The minimum absolute atomic E-state index is 0.0403. The number of aryl methyl sites for hydroxylation is 1. The lowest BCUT2D eigenvalue weighted by Crippen LogP contribution is -2.29. The van der Waals surface area contributed by atoms with Crippen LogP contribution in [0.5, 0.6) is 0 Å². The van der Waals surface area contributed by atoms with E-state index in [-0.39, 0.29) is 18.1 Å². The molecule has 0 saturated carbocycles. The molecule has 0 fully saturated rings. The summed E-state index contributed by atoms with van der Waals surface area (Å²) in [6.45, 7) is 3.38. The van der Waals surface area contributed by atoms with Gasteiger partial charge in [0.15, 0.2) is 0 Å². The number of hydrogen-bond acceptors (Lipinski definition) is 4. The van der Waals surface area contributed by atoms with E-state index < -0.39 is 11.9 Å². The third kappa shape index (κ3) is 2.54. The van der Waals surface area contributed by atoms with Crippen LogP contribution in [0.4, 0.5) is 10.1 Å². The van der Waals surface area contributed by atoms with Gasteiger partial charge in [-0.1, -0.05) is 0 Å². The molecule has 1 aliphatic rings. The SMILES string of the molecule is COC(=O)CC1C(=O)N(c2ccc(F)cc2C)N=C1C. The van der Waals surface area contributed by atoms with Gasteiger partial charge in [0.05, 0.1) is 25.1 Å². The number of nitrogens with zero attached hydrogens (tertiary/aromatic N) is 2. The normalized spacial score (nSPS) is 18.2. The summed E-state index contributed by atoms with van der Waals surface area (Å²) in [5, 5.41) is 5.39. The van der Waals surface area contributed by atoms with E-state index in [0.29, 0.717) is 17.0 Å². The maximum Gasteiger partial charge on any atom is 0.306 e. The largest absolute Gasteiger partial charge is 0.469 e. The summed E-state index contributed by atoms with van der Waals surface area (Å²) in [6.07, 6.45) is -0.0403. The first kappa shape index (κ1) is 14.2. The molecule has 1 aliphatic heterocycles. The van der Waals surface area contributed by atoms with Gasteiger partial charge < -0.3 is 4.74 Å². The van der Waals surface area contributed by atoms with Crippen molar-refractivity contribution in [3.05, 3.63) is 29.6 Å². The van der Waals surface area contributed by atoms with Gasteiger partial charge in [-0.05, 0) is 37.6 Å². The zero-order valence-corrected chi connectivity index (χ0v) is 11.5. The average molecular weight is 278 g/mol. The first-order valence-electron chi connectivity index (χ1n) is 6.16. The summed E-state index contributed by atoms with van der Waals surface area (Å²) in [6, 6.07) is 4.11. The number of amides is 1. The van der Waals surface area contributed by atoms with E-state index in [1.807, 2.05) is 0 Å². The molecule has 0 bridgehead atoms. The third-order valence-corrected chi connectivity index (χ3v) is 3.25. The molecular weight excluding hydrogens is 263 g/mol. The number of esters is 1. The smallest absolute Gasteiger partial charge is 0.306 e. The Kier molecular flexibility index (Phi) is 3.83. The van der Waals surface area contributed by atoms with Crippen LogP contribution >= 0.6 is 0 Å². The molecule has 0 aromatic heterocycles. The summed E-state index contributed by atoms with van der Waals surface area (Å²) >= 11 is 0. The Bertz CT molecular complexity index is 598. The molecule has 0 N–H and O–H groups in total. The number of ether oxygens (including phenoxy) is 1. The van der Waals surface area contributed by atoms with Crippen molar-refractivity contribution in [1.29, 1.82) is 0 Å². The second kappa shape index (κ2) is 5.40. The molecule has 1 aromatic carbocycles. The van der Waals surface area contributed by atoms with Crippen molar-refractivity contribution in [1.82, 2.24) is 0 Å². The van der Waals surface area contributed by atoms with Crippen molar-refractivity contribution in [2.45, 2.75) is 20.3 Å². The number of halogens is 1. The molecular formula is C14H15FN2O3. The number of methoxy groups -OCH3 is 1. The minimum Gasteiger partial charge on any atom is -0.469 e. The van der Waals surface area contributed by atoms with Crippen molar-refractivity contribution in [3.8, 4) is 0 Å². The fourth-order valence-electron chi connectivity index (χ4n) is 2.12. The number of benzene rings is 1. The fraction of sp³-hybridized carbons (Fsp3) is 0.357. The summed E-state index contributed by atoms with van der Waals surface area (Å²) in [7, 11) is 1.27. The predicted molar refractivity (Wildman–Crippen MR) is 71.9 cm³/mol. The summed E-state index contributed by atoms with van der Waals surface area (Å²) in [5.41, 5.74) is 1.67. The molecule has 20 heavy (non-hydrogen) atoms. The molecule has 0 saturated heterocycles. The summed E-state index contributed by atoms with van der Waals surface area (Å²) < 4.78 is 17.7. The molecule has 106 valence electrons. The van der Waals surface area contributed by atoms with Crippen LogP contribution < -0.4 is 5.01 Å². The Balaban J connectivity index is 2.28. The molecule has 1 aromatic rings. The van der Waals surface area contributed by atoms with Crippen molar-refractivity contribution >= 4 is 23.3 Å².